The van der Waals surface area contributed by atoms with Crippen molar-refractivity contribution < 1.29 is 24.2 Å². The van der Waals surface area contributed by atoms with Gasteiger partial charge in [0.1, 0.15) is 23.4 Å². The van der Waals surface area contributed by atoms with Gasteiger partial charge in [-0.05, 0) is 48.4 Å². The predicted octanol–water partition coefficient (Wildman–Crippen LogP) is 4.10. The second-order valence-electron chi connectivity index (χ2n) is 7.72. The maximum absolute atomic E-state index is 13.2. The summed E-state index contributed by atoms with van der Waals surface area (Å²) in [6, 6.07) is 11.6. The van der Waals surface area contributed by atoms with Gasteiger partial charge in [0.05, 0.1) is 18.7 Å². The van der Waals surface area contributed by atoms with Crippen LogP contribution in [-0.2, 0) is 16.0 Å². The Morgan fingerprint density at radius 2 is 2.09 bits per heavy atom. The highest BCUT2D eigenvalue weighted by molar-refractivity contribution is 7.14. The molecule has 2 aliphatic heterocycles. The largest absolute Gasteiger partial charge is 0.507 e. The minimum absolute atomic E-state index is 0.0189. The molecule has 5 rings (SSSR count). The summed E-state index contributed by atoms with van der Waals surface area (Å²) in [5.41, 5.74) is 2.07. The van der Waals surface area contributed by atoms with Crippen LogP contribution in [0.15, 0.2) is 59.6 Å². The van der Waals surface area contributed by atoms with Gasteiger partial charge in [-0.1, -0.05) is 12.1 Å². The van der Waals surface area contributed by atoms with E-state index in [0.717, 1.165) is 11.3 Å². The minimum atomic E-state index is -0.834. The van der Waals surface area contributed by atoms with Gasteiger partial charge in [-0.25, -0.2) is 4.98 Å². The minimum Gasteiger partial charge on any atom is -0.507 e. The molecule has 2 atom stereocenters. The van der Waals surface area contributed by atoms with E-state index >= 15 is 0 Å². The molecule has 0 bridgehead atoms. The molecule has 1 fully saturated rings. The third-order valence-electron chi connectivity index (χ3n) is 5.65. The van der Waals surface area contributed by atoms with Gasteiger partial charge in [0.15, 0.2) is 5.13 Å². The van der Waals surface area contributed by atoms with Crippen molar-refractivity contribution in [2.75, 3.05) is 12.0 Å². The first-order valence-corrected chi connectivity index (χ1v) is 11.0. The number of carbonyl (C=O) groups is 2. The molecule has 0 unspecified atom stereocenters. The number of rotatable bonds is 4. The number of aromatic nitrogens is 1. The average Bonchev–Trinajstić information content (AvgIpc) is 3.51. The lowest BCUT2D eigenvalue weighted by Gasteiger charge is -2.23. The van der Waals surface area contributed by atoms with Crippen LogP contribution in [0.5, 0.6) is 11.5 Å². The number of anilines is 1. The number of aliphatic hydroxyl groups excluding tert-OH is 1. The lowest BCUT2D eigenvalue weighted by molar-refractivity contribution is -0.132. The quantitative estimate of drug-likeness (QED) is 0.367. The monoisotopic (exact) mass is 448 g/mol. The second-order valence-corrected chi connectivity index (χ2v) is 8.59. The molecule has 1 N–H and O–H groups in total. The summed E-state index contributed by atoms with van der Waals surface area (Å²) in [5, 5.41) is 13.4. The molecule has 162 valence electrons. The molecule has 0 radical (unpaired) electrons. The number of hydrogen-bond donors (Lipinski definition) is 1. The Kier molecular flexibility index (Phi) is 4.94. The van der Waals surface area contributed by atoms with Crippen LogP contribution in [0.1, 0.15) is 29.7 Å². The predicted molar refractivity (Wildman–Crippen MR) is 120 cm³/mol. The standard InChI is InChI=1S/C24H20N2O5S/c1-13-10-16-11-15(6-7-18(16)31-13)21(27)19-20(14-4-3-5-17(12-14)30-2)26(23(29)22(19)28)24-25-8-9-32-24/h3-9,11-13,20,27H,10H2,1-2H3/t13-,20+/m1/s1. The van der Waals surface area contributed by atoms with Crippen LogP contribution in [0.25, 0.3) is 5.76 Å². The van der Waals surface area contributed by atoms with Gasteiger partial charge in [0.25, 0.3) is 5.78 Å². The molecule has 1 saturated heterocycles. The number of Topliss-reactive ketones (excluding diaryl/α,β-unsaturated/α-hetero) is 1. The summed E-state index contributed by atoms with van der Waals surface area (Å²) < 4.78 is 11.1. The normalized spacial score (nSPS) is 21.5. The van der Waals surface area contributed by atoms with Gasteiger partial charge >= 0.3 is 5.91 Å². The molecule has 0 saturated carbocycles. The molecule has 0 spiro atoms. The van der Waals surface area contributed by atoms with Crippen molar-refractivity contribution >= 4 is 33.9 Å². The second kappa shape index (κ2) is 7.80. The van der Waals surface area contributed by atoms with Crippen molar-refractivity contribution in [2.45, 2.75) is 25.5 Å². The molecule has 3 aromatic rings. The van der Waals surface area contributed by atoms with Crippen LogP contribution in [-0.4, -0.2) is 35.0 Å². The summed E-state index contributed by atoms with van der Waals surface area (Å²) >= 11 is 1.25. The highest BCUT2D eigenvalue weighted by atomic mass is 32.1. The van der Waals surface area contributed by atoms with Crippen molar-refractivity contribution in [2.24, 2.45) is 0 Å². The highest BCUT2D eigenvalue weighted by Gasteiger charge is 2.48. The van der Waals surface area contributed by atoms with E-state index in [9.17, 15) is 14.7 Å². The highest BCUT2D eigenvalue weighted by Crippen LogP contribution is 2.43. The zero-order chi connectivity index (χ0) is 22.4. The van der Waals surface area contributed by atoms with Crippen molar-refractivity contribution in [1.29, 1.82) is 0 Å². The SMILES string of the molecule is COc1cccc([C@H]2C(=C(O)c3ccc4c(c3)C[C@@H](C)O4)C(=O)C(=O)N2c2nccs2)c1. The first-order valence-electron chi connectivity index (χ1n) is 10.1. The van der Waals surface area contributed by atoms with Gasteiger partial charge in [-0.15, -0.1) is 11.3 Å². The van der Waals surface area contributed by atoms with Crippen molar-refractivity contribution in [3.8, 4) is 11.5 Å². The molecule has 1 amide bonds. The van der Waals surface area contributed by atoms with E-state index < -0.39 is 17.7 Å². The van der Waals surface area contributed by atoms with Crippen LogP contribution in [0.4, 0.5) is 5.13 Å². The topological polar surface area (TPSA) is 89.0 Å². The smallest absolute Gasteiger partial charge is 0.301 e. The van der Waals surface area contributed by atoms with Crippen LogP contribution in [0.2, 0.25) is 0 Å². The molecule has 2 aromatic carbocycles. The lowest BCUT2D eigenvalue weighted by Crippen LogP contribution is -2.29. The van der Waals surface area contributed by atoms with Crippen LogP contribution in [0.3, 0.4) is 0 Å². The number of hydrogen-bond acceptors (Lipinski definition) is 7. The van der Waals surface area contributed by atoms with Gasteiger partial charge < -0.3 is 14.6 Å². The number of methoxy groups -OCH3 is 1. The summed E-state index contributed by atoms with van der Waals surface area (Å²) in [4.78, 5) is 31.8. The Bertz CT molecular complexity index is 1250. The fraction of sp³-hybridized carbons (Fsp3) is 0.208. The Balaban J connectivity index is 1.69. The number of benzene rings is 2. The zero-order valence-corrected chi connectivity index (χ0v) is 18.3. The lowest BCUT2D eigenvalue weighted by atomic mass is 9.94. The summed E-state index contributed by atoms with van der Waals surface area (Å²) in [5.74, 6) is -0.363. The summed E-state index contributed by atoms with van der Waals surface area (Å²) in [6.07, 6.45) is 2.34. The van der Waals surface area contributed by atoms with Crippen molar-refractivity contribution in [3.63, 3.8) is 0 Å². The molecule has 3 heterocycles. The molecule has 1 aromatic heterocycles. The number of aliphatic hydroxyl groups is 1. The van der Waals surface area contributed by atoms with E-state index in [-0.39, 0.29) is 17.4 Å². The molecule has 7 nitrogen and oxygen atoms in total. The van der Waals surface area contributed by atoms with Crippen LogP contribution < -0.4 is 14.4 Å². The third-order valence-corrected chi connectivity index (χ3v) is 6.42. The molecule has 0 aliphatic carbocycles. The molecular formula is C24H20N2O5S. The molecule has 2 aliphatic rings. The maximum atomic E-state index is 13.2. The fourth-order valence-electron chi connectivity index (χ4n) is 4.22. The van der Waals surface area contributed by atoms with Crippen LogP contribution >= 0.6 is 11.3 Å². The number of amides is 1. The number of nitrogens with zero attached hydrogens (tertiary/aromatic N) is 2. The number of carbonyl (C=O) groups excluding carboxylic acids is 2. The third kappa shape index (κ3) is 3.23. The number of ketones is 1. The van der Waals surface area contributed by atoms with E-state index in [2.05, 4.69) is 4.98 Å². The fourth-order valence-corrected chi connectivity index (χ4v) is 4.88. The Labute approximate surface area is 188 Å². The number of fused-ring (bicyclic) bond motifs is 1. The number of ether oxygens (including phenoxy) is 2. The van der Waals surface area contributed by atoms with E-state index in [1.54, 1.807) is 55.1 Å². The Hall–Kier alpha value is -3.65. The van der Waals surface area contributed by atoms with E-state index in [1.165, 1.54) is 16.2 Å². The molecule has 8 heteroatoms. The zero-order valence-electron chi connectivity index (χ0n) is 17.4. The van der Waals surface area contributed by atoms with E-state index in [4.69, 9.17) is 9.47 Å². The molecule has 32 heavy (non-hydrogen) atoms. The first-order chi connectivity index (χ1) is 15.5. The summed E-state index contributed by atoms with van der Waals surface area (Å²) in [7, 11) is 1.55. The van der Waals surface area contributed by atoms with Gasteiger partial charge in [0.2, 0.25) is 0 Å². The van der Waals surface area contributed by atoms with Gasteiger partial charge in [-0.2, -0.15) is 0 Å². The van der Waals surface area contributed by atoms with Crippen molar-refractivity contribution in [1.82, 2.24) is 4.98 Å². The van der Waals surface area contributed by atoms with Gasteiger partial charge in [-0.3, -0.25) is 14.5 Å². The van der Waals surface area contributed by atoms with Crippen LogP contribution in [0, 0.1) is 0 Å². The average molecular weight is 449 g/mol. The number of thiazole rings is 1. The first kappa shape index (κ1) is 20.3. The molecular weight excluding hydrogens is 428 g/mol. The Morgan fingerprint density at radius 3 is 2.84 bits per heavy atom. The maximum Gasteiger partial charge on any atom is 0.301 e. The Morgan fingerprint density at radius 1 is 1.25 bits per heavy atom. The van der Waals surface area contributed by atoms with E-state index in [1.807, 2.05) is 13.0 Å². The van der Waals surface area contributed by atoms with Crippen molar-refractivity contribution in [3.05, 3.63) is 76.3 Å². The van der Waals surface area contributed by atoms with Gasteiger partial charge in [0, 0.05) is 23.6 Å². The van der Waals surface area contributed by atoms with E-state index in [0.29, 0.717) is 28.4 Å². The summed E-state index contributed by atoms with van der Waals surface area (Å²) in [6.45, 7) is 1.97.